The monoisotopic (exact) mass is 246 g/mol. The van der Waals surface area contributed by atoms with Gasteiger partial charge in [0.05, 0.1) is 0 Å². The van der Waals surface area contributed by atoms with Crippen LogP contribution in [0.25, 0.3) is 0 Å². The molecule has 0 bridgehead atoms. The van der Waals surface area contributed by atoms with Crippen LogP contribution in [0.5, 0.6) is 0 Å². The number of carbonyl (C=O) groups excluding carboxylic acids is 1. The zero-order valence-corrected chi connectivity index (χ0v) is 10.3. The number of carbonyl (C=O) groups is 1. The molecule has 0 aliphatic heterocycles. The molecule has 0 atom stereocenters. The Morgan fingerprint density at radius 2 is 2.17 bits per heavy atom. The maximum atomic E-state index is 11.8. The van der Waals surface area contributed by atoms with Crippen molar-refractivity contribution in [2.24, 2.45) is 0 Å². The lowest BCUT2D eigenvalue weighted by molar-refractivity contribution is 0.220. The minimum absolute atomic E-state index is 0.236. The lowest BCUT2D eigenvalue weighted by atomic mass is 10.2. The van der Waals surface area contributed by atoms with Gasteiger partial charge in [-0.15, -0.1) is 0 Å². The van der Waals surface area contributed by atoms with E-state index in [2.05, 4.69) is 15.5 Å². The van der Waals surface area contributed by atoms with Crippen molar-refractivity contribution in [3.63, 3.8) is 0 Å². The fraction of sp³-hybridized carbons (Fsp3) is 0.250. The normalized spacial score (nSPS) is 10.1. The van der Waals surface area contributed by atoms with Gasteiger partial charge in [-0.05, 0) is 24.6 Å². The van der Waals surface area contributed by atoms with Crippen LogP contribution in [-0.2, 0) is 6.54 Å². The van der Waals surface area contributed by atoms with E-state index in [9.17, 15) is 4.79 Å². The van der Waals surface area contributed by atoms with E-state index in [0.29, 0.717) is 18.1 Å². The Morgan fingerprint density at radius 3 is 2.78 bits per heavy atom. The largest absolute Gasteiger partial charge is 0.360 e. The number of anilines is 1. The number of hydrogen-bond donors (Lipinski definition) is 1. The van der Waals surface area contributed by atoms with Gasteiger partial charge in [0.15, 0.2) is 5.82 Å². The van der Waals surface area contributed by atoms with Gasteiger partial charge in [-0.3, -0.25) is 10.3 Å². The smallest absolute Gasteiger partial charge is 0.323 e. The predicted octanol–water partition coefficient (Wildman–Crippen LogP) is 2.04. The number of urea groups is 1. The van der Waals surface area contributed by atoms with Crippen LogP contribution in [0.15, 0.2) is 35.1 Å². The third kappa shape index (κ3) is 3.07. The van der Waals surface area contributed by atoms with Gasteiger partial charge < -0.3 is 9.42 Å². The number of nitrogens with one attached hydrogen (secondary N) is 1. The Hall–Kier alpha value is -2.37. The first kappa shape index (κ1) is 12.1. The van der Waals surface area contributed by atoms with Crippen LogP contribution in [0.1, 0.15) is 11.3 Å². The van der Waals surface area contributed by atoms with Gasteiger partial charge in [0.25, 0.3) is 0 Å². The van der Waals surface area contributed by atoms with Crippen LogP contribution in [0, 0.1) is 6.92 Å². The molecule has 2 rings (SSSR count). The molecular weight excluding hydrogens is 232 g/mol. The summed E-state index contributed by atoms with van der Waals surface area (Å²) in [4.78, 5) is 17.3. The van der Waals surface area contributed by atoms with Crippen LogP contribution < -0.4 is 5.32 Å². The number of nitrogens with zero attached hydrogens (tertiary/aromatic N) is 3. The molecule has 0 spiro atoms. The summed E-state index contributed by atoms with van der Waals surface area (Å²) in [6.07, 6.45) is 3.39. The first-order chi connectivity index (χ1) is 8.65. The molecule has 6 nitrogen and oxygen atoms in total. The number of aryl methyl sites for hydroxylation is 1. The fourth-order valence-corrected chi connectivity index (χ4v) is 1.46. The molecule has 0 aliphatic rings. The molecule has 0 aromatic carbocycles. The van der Waals surface area contributed by atoms with E-state index in [0.717, 1.165) is 5.56 Å². The van der Waals surface area contributed by atoms with E-state index in [1.54, 1.807) is 37.3 Å². The molecular formula is C12H14N4O2. The Labute approximate surface area is 105 Å². The summed E-state index contributed by atoms with van der Waals surface area (Å²) in [6.45, 7) is 2.27. The number of amides is 2. The predicted molar refractivity (Wildman–Crippen MR) is 66.0 cm³/mol. The fourth-order valence-electron chi connectivity index (χ4n) is 1.46. The highest BCUT2D eigenvalue weighted by Crippen LogP contribution is 2.09. The number of pyridine rings is 1. The Balaban J connectivity index is 1.93. The van der Waals surface area contributed by atoms with Gasteiger partial charge in [0, 0.05) is 32.1 Å². The molecule has 0 saturated carbocycles. The van der Waals surface area contributed by atoms with Gasteiger partial charge >= 0.3 is 6.03 Å². The molecule has 1 N–H and O–H groups in total. The van der Waals surface area contributed by atoms with Crippen molar-refractivity contribution in [1.82, 2.24) is 15.0 Å². The summed E-state index contributed by atoms with van der Waals surface area (Å²) in [6, 6.07) is 5.16. The summed E-state index contributed by atoms with van der Waals surface area (Å²) in [5, 5.41) is 6.35. The third-order valence-electron chi connectivity index (χ3n) is 2.38. The quantitative estimate of drug-likeness (QED) is 0.899. The van der Waals surface area contributed by atoms with Crippen molar-refractivity contribution in [3.05, 3.63) is 41.9 Å². The van der Waals surface area contributed by atoms with Gasteiger partial charge in [0.2, 0.25) is 0 Å². The molecule has 2 aromatic heterocycles. The highest BCUT2D eigenvalue weighted by atomic mass is 16.5. The van der Waals surface area contributed by atoms with Crippen molar-refractivity contribution in [1.29, 1.82) is 0 Å². The van der Waals surface area contributed by atoms with Crippen molar-refractivity contribution in [2.45, 2.75) is 13.5 Å². The van der Waals surface area contributed by atoms with E-state index >= 15 is 0 Å². The highest BCUT2D eigenvalue weighted by molar-refractivity contribution is 5.87. The lowest BCUT2D eigenvalue weighted by Crippen LogP contribution is -2.30. The average Bonchev–Trinajstić information content (AvgIpc) is 2.76. The van der Waals surface area contributed by atoms with Crippen molar-refractivity contribution in [2.75, 3.05) is 12.4 Å². The van der Waals surface area contributed by atoms with Gasteiger partial charge in [-0.25, -0.2) is 4.79 Å². The maximum Gasteiger partial charge on any atom is 0.323 e. The summed E-state index contributed by atoms with van der Waals surface area (Å²) in [5.41, 5.74) is 1.01. The first-order valence-electron chi connectivity index (χ1n) is 5.49. The summed E-state index contributed by atoms with van der Waals surface area (Å²) < 4.78 is 4.87. The van der Waals surface area contributed by atoms with E-state index in [4.69, 9.17) is 4.52 Å². The van der Waals surface area contributed by atoms with Crippen LogP contribution >= 0.6 is 0 Å². The molecule has 2 aromatic rings. The zero-order valence-electron chi connectivity index (χ0n) is 10.3. The summed E-state index contributed by atoms with van der Waals surface area (Å²) in [7, 11) is 1.71. The topological polar surface area (TPSA) is 71.3 Å². The molecule has 6 heteroatoms. The molecule has 2 amide bonds. The molecule has 2 heterocycles. The van der Waals surface area contributed by atoms with E-state index in [1.807, 2.05) is 12.1 Å². The Morgan fingerprint density at radius 1 is 1.44 bits per heavy atom. The standard InChI is InChI=1S/C12H14N4O2/c1-9-7-11(15-18-9)14-12(17)16(2)8-10-3-5-13-6-4-10/h3-7H,8H2,1-2H3,(H,14,15,17). The third-order valence-corrected chi connectivity index (χ3v) is 2.38. The van der Waals surface area contributed by atoms with Crippen LogP contribution in [-0.4, -0.2) is 28.1 Å². The Kier molecular flexibility index (Phi) is 3.57. The van der Waals surface area contributed by atoms with Crippen molar-refractivity contribution in [3.8, 4) is 0 Å². The molecule has 0 saturated heterocycles. The highest BCUT2D eigenvalue weighted by Gasteiger charge is 2.11. The van der Waals surface area contributed by atoms with E-state index < -0.39 is 0 Å². The van der Waals surface area contributed by atoms with Crippen LogP contribution in [0.2, 0.25) is 0 Å². The van der Waals surface area contributed by atoms with E-state index in [-0.39, 0.29) is 6.03 Å². The second-order valence-electron chi connectivity index (χ2n) is 3.96. The van der Waals surface area contributed by atoms with Gasteiger partial charge in [-0.1, -0.05) is 5.16 Å². The second-order valence-corrected chi connectivity index (χ2v) is 3.96. The zero-order chi connectivity index (χ0) is 13.0. The first-order valence-corrected chi connectivity index (χ1v) is 5.49. The SMILES string of the molecule is Cc1cc(NC(=O)N(C)Cc2ccncc2)no1. The molecule has 94 valence electrons. The van der Waals surface area contributed by atoms with Gasteiger partial charge in [-0.2, -0.15) is 0 Å². The van der Waals surface area contributed by atoms with Crippen LogP contribution in [0.4, 0.5) is 10.6 Å². The molecule has 18 heavy (non-hydrogen) atoms. The average molecular weight is 246 g/mol. The lowest BCUT2D eigenvalue weighted by Gasteiger charge is -2.16. The molecule has 0 aliphatic carbocycles. The van der Waals surface area contributed by atoms with Crippen molar-refractivity contribution < 1.29 is 9.32 Å². The van der Waals surface area contributed by atoms with Crippen molar-refractivity contribution >= 4 is 11.8 Å². The molecule has 0 radical (unpaired) electrons. The minimum atomic E-state index is -0.236. The molecule has 0 unspecified atom stereocenters. The summed E-state index contributed by atoms with van der Waals surface area (Å²) >= 11 is 0. The number of hydrogen-bond acceptors (Lipinski definition) is 4. The number of aromatic nitrogens is 2. The Bertz CT molecular complexity index is 524. The maximum absolute atomic E-state index is 11.8. The summed E-state index contributed by atoms with van der Waals surface area (Å²) in [5.74, 6) is 1.07. The number of rotatable bonds is 3. The second kappa shape index (κ2) is 5.31. The molecule has 0 fully saturated rings. The van der Waals surface area contributed by atoms with Crippen LogP contribution in [0.3, 0.4) is 0 Å². The minimum Gasteiger partial charge on any atom is -0.360 e. The van der Waals surface area contributed by atoms with E-state index in [1.165, 1.54) is 0 Å². The van der Waals surface area contributed by atoms with Gasteiger partial charge in [0.1, 0.15) is 5.76 Å².